The summed E-state index contributed by atoms with van der Waals surface area (Å²) in [6.45, 7) is 0. The Bertz CT molecular complexity index is 523. The highest BCUT2D eigenvalue weighted by Gasteiger charge is 2.22. The van der Waals surface area contributed by atoms with Gasteiger partial charge in [0.1, 0.15) is 0 Å². The number of fused-ring (bicyclic) bond motifs is 1. The molecule has 88 valence electrons. The summed E-state index contributed by atoms with van der Waals surface area (Å²) in [7, 11) is 0. The Morgan fingerprint density at radius 1 is 1.41 bits per heavy atom. The fraction of sp³-hybridized carbons (Fsp3) is 0.333. The van der Waals surface area contributed by atoms with Gasteiger partial charge in [0.15, 0.2) is 0 Å². The fourth-order valence-corrected chi connectivity index (χ4v) is 3.29. The number of nitrogens with one attached hydrogen (secondary N) is 1. The number of nitrogens with zero attached hydrogens (tertiary/aromatic N) is 2. The lowest BCUT2D eigenvalue weighted by Crippen LogP contribution is -1.97. The van der Waals surface area contributed by atoms with Crippen LogP contribution in [0.15, 0.2) is 29.4 Å². The largest absolute Gasteiger partial charge is 0.368 e. The predicted octanol–water partition coefficient (Wildman–Crippen LogP) is 2.21. The first-order valence-corrected chi connectivity index (χ1v) is 6.70. The molecule has 1 heterocycles. The summed E-state index contributed by atoms with van der Waals surface area (Å²) >= 11 is 1.67. The molecule has 0 fully saturated rings. The molecule has 1 aliphatic carbocycles. The Morgan fingerprint density at radius 3 is 3.12 bits per heavy atom. The Hall–Kier alpha value is -1.49. The molecule has 0 radical (unpaired) electrons. The Balaban J connectivity index is 1.68. The smallest absolute Gasteiger partial charge is 0.216 e. The number of hydrogen-bond donors (Lipinski definition) is 2. The molecule has 0 saturated carbocycles. The van der Waals surface area contributed by atoms with Crippen molar-refractivity contribution >= 4 is 17.7 Å². The van der Waals surface area contributed by atoms with Crippen LogP contribution in [0, 0.1) is 0 Å². The first-order valence-electron chi connectivity index (χ1n) is 5.71. The molecule has 1 aromatic heterocycles. The minimum Gasteiger partial charge on any atom is -0.368 e. The average Bonchev–Trinajstić information content (AvgIpc) is 2.93. The number of rotatable bonds is 3. The van der Waals surface area contributed by atoms with Gasteiger partial charge in [-0.05, 0) is 29.9 Å². The lowest BCUT2D eigenvalue weighted by Gasteiger charge is -2.09. The van der Waals surface area contributed by atoms with Crippen LogP contribution in [0.2, 0.25) is 0 Å². The SMILES string of the molecule is Nc1nc(SC[C@@H]2CCc3ccccc32)n[nH]1. The number of aromatic amines is 1. The van der Waals surface area contributed by atoms with Crippen molar-refractivity contribution in [1.82, 2.24) is 15.2 Å². The maximum Gasteiger partial charge on any atom is 0.216 e. The summed E-state index contributed by atoms with van der Waals surface area (Å²) < 4.78 is 0. The highest BCUT2D eigenvalue weighted by atomic mass is 32.2. The molecule has 2 aromatic rings. The number of thioether (sulfide) groups is 1. The first kappa shape index (κ1) is 10.7. The van der Waals surface area contributed by atoms with E-state index in [0.29, 0.717) is 11.9 Å². The molecule has 4 nitrogen and oxygen atoms in total. The van der Waals surface area contributed by atoms with Crippen LogP contribution >= 0.6 is 11.8 Å². The van der Waals surface area contributed by atoms with Gasteiger partial charge >= 0.3 is 0 Å². The Labute approximate surface area is 104 Å². The standard InChI is InChI=1S/C12H14N4S/c13-11-14-12(16-15-11)17-7-9-6-5-8-3-1-2-4-10(8)9/h1-4,9H,5-7H2,(H3,13,14,15,16)/t9-/m0/s1. The van der Waals surface area contributed by atoms with Crippen LogP contribution in [0.25, 0.3) is 0 Å². The molecule has 1 atom stereocenters. The second-order valence-electron chi connectivity index (χ2n) is 4.25. The van der Waals surface area contributed by atoms with E-state index in [4.69, 9.17) is 5.73 Å². The molecule has 0 saturated heterocycles. The molecule has 0 aliphatic heterocycles. The number of nitrogens with two attached hydrogens (primary N) is 1. The molecular formula is C12H14N4S. The van der Waals surface area contributed by atoms with Gasteiger partial charge in [0, 0.05) is 5.75 Å². The van der Waals surface area contributed by atoms with Crippen molar-refractivity contribution in [3.05, 3.63) is 35.4 Å². The second kappa shape index (κ2) is 4.41. The summed E-state index contributed by atoms with van der Waals surface area (Å²) in [5.74, 6) is 2.03. The molecule has 0 unspecified atom stereocenters. The number of nitrogen functional groups attached to an aromatic ring is 1. The number of hydrogen-bond acceptors (Lipinski definition) is 4. The Kier molecular flexibility index (Phi) is 2.76. The average molecular weight is 246 g/mol. The monoisotopic (exact) mass is 246 g/mol. The highest BCUT2D eigenvalue weighted by Crippen LogP contribution is 2.36. The third kappa shape index (κ3) is 2.15. The zero-order valence-electron chi connectivity index (χ0n) is 9.39. The third-order valence-electron chi connectivity index (χ3n) is 3.15. The van der Waals surface area contributed by atoms with Crippen molar-refractivity contribution < 1.29 is 0 Å². The predicted molar refractivity (Wildman–Crippen MR) is 69.0 cm³/mol. The number of H-pyrrole nitrogens is 1. The summed E-state index contributed by atoms with van der Waals surface area (Å²) in [4.78, 5) is 4.10. The van der Waals surface area contributed by atoms with E-state index >= 15 is 0 Å². The van der Waals surface area contributed by atoms with Crippen molar-refractivity contribution in [3.63, 3.8) is 0 Å². The minimum atomic E-state index is 0.388. The van der Waals surface area contributed by atoms with Gasteiger partial charge in [-0.1, -0.05) is 36.0 Å². The summed E-state index contributed by atoms with van der Waals surface area (Å²) in [5.41, 5.74) is 8.48. The zero-order chi connectivity index (χ0) is 11.7. The lowest BCUT2D eigenvalue weighted by atomic mass is 10.0. The molecule has 1 aliphatic rings. The van der Waals surface area contributed by atoms with Crippen LogP contribution in [0.3, 0.4) is 0 Å². The van der Waals surface area contributed by atoms with Crippen LogP contribution in [-0.4, -0.2) is 20.9 Å². The van der Waals surface area contributed by atoms with E-state index in [1.165, 1.54) is 24.0 Å². The van der Waals surface area contributed by atoms with E-state index in [1.54, 1.807) is 11.8 Å². The molecule has 0 bridgehead atoms. The summed E-state index contributed by atoms with van der Waals surface area (Å²) in [5, 5.41) is 7.44. The highest BCUT2D eigenvalue weighted by molar-refractivity contribution is 7.99. The van der Waals surface area contributed by atoms with Gasteiger partial charge in [0.05, 0.1) is 0 Å². The van der Waals surface area contributed by atoms with Crippen LogP contribution in [-0.2, 0) is 6.42 Å². The van der Waals surface area contributed by atoms with Crippen LogP contribution in [0.1, 0.15) is 23.5 Å². The van der Waals surface area contributed by atoms with E-state index in [1.807, 2.05) is 0 Å². The Morgan fingerprint density at radius 2 is 2.29 bits per heavy atom. The quantitative estimate of drug-likeness (QED) is 0.815. The number of benzene rings is 1. The normalized spacial score (nSPS) is 18.2. The molecular weight excluding hydrogens is 232 g/mol. The lowest BCUT2D eigenvalue weighted by molar-refractivity contribution is 0.755. The van der Waals surface area contributed by atoms with E-state index in [0.717, 1.165) is 10.9 Å². The van der Waals surface area contributed by atoms with Crippen molar-refractivity contribution in [2.45, 2.75) is 23.9 Å². The molecule has 3 rings (SSSR count). The molecule has 1 aromatic carbocycles. The van der Waals surface area contributed by atoms with E-state index < -0.39 is 0 Å². The molecule has 0 amide bonds. The summed E-state index contributed by atoms with van der Waals surface area (Å²) in [6.07, 6.45) is 2.42. The maximum absolute atomic E-state index is 5.50. The van der Waals surface area contributed by atoms with Gasteiger partial charge in [-0.3, -0.25) is 0 Å². The number of anilines is 1. The van der Waals surface area contributed by atoms with Gasteiger partial charge in [0.2, 0.25) is 11.1 Å². The molecule has 3 N–H and O–H groups in total. The molecule has 0 spiro atoms. The number of aromatic nitrogens is 3. The first-order chi connectivity index (χ1) is 8.33. The van der Waals surface area contributed by atoms with Crippen molar-refractivity contribution in [2.24, 2.45) is 0 Å². The van der Waals surface area contributed by atoms with Gasteiger partial charge in [-0.15, -0.1) is 5.10 Å². The van der Waals surface area contributed by atoms with Crippen LogP contribution in [0.5, 0.6) is 0 Å². The van der Waals surface area contributed by atoms with Gasteiger partial charge in [-0.2, -0.15) is 4.98 Å². The van der Waals surface area contributed by atoms with E-state index in [2.05, 4.69) is 39.4 Å². The van der Waals surface area contributed by atoms with Gasteiger partial charge < -0.3 is 5.73 Å². The van der Waals surface area contributed by atoms with E-state index in [-0.39, 0.29) is 0 Å². The van der Waals surface area contributed by atoms with Crippen LogP contribution < -0.4 is 5.73 Å². The van der Waals surface area contributed by atoms with E-state index in [9.17, 15) is 0 Å². The minimum absolute atomic E-state index is 0.388. The molecule has 17 heavy (non-hydrogen) atoms. The van der Waals surface area contributed by atoms with Gasteiger partial charge in [-0.25, -0.2) is 5.10 Å². The van der Waals surface area contributed by atoms with Gasteiger partial charge in [0.25, 0.3) is 0 Å². The van der Waals surface area contributed by atoms with Crippen LogP contribution in [0.4, 0.5) is 5.95 Å². The second-order valence-corrected chi connectivity index (χ2v) is 5.24. The zero-order valence-corrected chi connectivity index (χ0v) is 10.2. The fourth-order valence-electron chi connectivity index (χ4n) is 2.32. The maximum atomic E-state index is 5.50. The summed E-state index contributed by atoms with van der Waals surface area (Å²) in [6, 6.07) is 8.70. The number of aryl methyl sites for hydroxylation is 1. The van der Waals surface area contributed by atoms with Crippen molar-refractivity contribution in [2.75, 3.05) is 11.5 Å². The van der Waals surface area contributed by atoms with Crippen molar-refractivity contribution in [3.8, 4) is 0 Å². The molecule has 5 heteroatoms. The van der Waals surface area contributed by atoms with Crippen molar-refractivity contribution in [1.29, 1.82) is 0 Å². The third-order valence-corrected chi connectivity index (χ3v) is 4.16. The topological polar surface area (TPSA) is 67.6 Å².